The van der Waals surface area contributed by atoms with Crippen molar-refractivity contribution in [2.24, 2.45) is 5.41 Å². The van der Waals surface area contributed by atoms with Gasteiger partial charge in [-0.1, -0.05) is 48.9 Å². The Morgan fingerprint density at radius 2 is 1.81 bits per heavy atom. The van der Waals surface area contributed by atoms with Crippen LogP contribution < -0.4 is 4.74 Å². The lowest BCUT2D eigenvalue weighted by Gasteiger charge is -2.42. The Kier molecular flexibility index (Phi) is 5.17. The number of rotatable bonds is 4. The van der Waals surface area contributed by atoms with Gasteiger partial charge in [-0.2, -0.15) is 0 Å². The summed E-state index contributed by atoms with van der Waals surface area (Å²) in [6.07, 6.45) is 4.63. The molecule has 0 unspecified atom stereocenters. The van der Waals surface area contributed by atoms with Gasteiger partial charge in [0.05, 0.1) is 11.7 Å². The molecule has 2 aromatic rings. The molecule has 0 bridgehead atoms. The van der Waals surface area contributed by atoms with Gasteiger partial charge in [0, 0.05) is 18.5 Å². The van der Waals surface area contributed by atoms with Gasteiger partial charge in [-0.05, 0) is 43.4 Å². The summed E-state index contributed by atoms with van der Waals surface area (Å²) < 4.78 is 5.98. The third-order valence-electron chi connectivity index (χ3n) is 6.11. The average Bonchev–Trinajstić information content (AvgIpc) is 3.06. The molecule has 1 spiro atoms. The Morgan fingerprint density at radius 1 is 1.07 bits per heavy atom. The zero-order valence-corrected chi connectivity index (χ0v) is 15.6. The van der Waals surface area contributed by atoms with Crippen molar-refractivity contribution >= 4 is 5.91 Å². The Morgan fingerprint density at radius 3 is 2.59 bits per heavy atom. The maximum atomic E-state index is 13.2. The van der Waals surface area contributed by atoms with Crippen LogP contribution in [-0.4, -0.2) is 35.1 Å². The zero-order valence-electron chi connectivity index (χ0n) is 15.6. The predicted molar refractivity (Wildman–Crippen MR) is 105 cm³/mol. The average molecular weight is 365 g/mol. The van der Waals surface area contributed by atoms with Gasteiger partial charge in [-0.15, -0.1) is 0 Å². The number of para-hydroxylation sites is 1. The van der Waals surface area contributed by atoms with Gasteiger partial charge >= 0.3 is 0 Å². The summed E-state index contributed by atoms with van der Waals surface area (Å²) in [4.78, 5) is 15.2. The number of likely N-dealkylation sites (tertiary alicyclic amines) is 1. The van der Waals surface area contributed by atoms with Crippen LogP contribution in [0.3, 0.4) is 0 Å². The first kappa shape index (κ1) is 18.1. The molecular weight excluding hydrogens is 338 g/mol. The van der Waals surface area contributed by atoms with Crippen LogP contribution in [0.1, 0.15) is 48.0 Å². The molecule has 27 heavy (non-hydrogen) atoms. The lowest BCUT2D eigenvalue weighted by Crippen LogP contribution is -2.49. The number of piperidine rings is 1. The van der Waals surface area contributed by atoms with Gasteiger partial charge in [-0.3, -0.25) is 4.79 Å². The number of aliphatic hydroxyl groups excluding tert-OH is 1. The highest BCUT2D eigenvalue weighted by atomic mass is 16.5. The highest BCUT2D eigenvalue weighted by Crippen LogP contribution is 2.45. The molecular formula is C23H27NO3. The largest absolute Gasteiger partial charge is 0.488 e. The molecule has 0 radical (unpaired) electrons. The van der Waals surface area contributed by atoms with Crippen LogP contribution in [0.5, 0.6) is 5.75 Å². The number of carbonyl (C=O) groups excluding carboxylic acids is 1. The first-order valence-electron chi connectivity index (χ1n) is 9.91. The van der Waals surface area contributed by atoms with E-state index in [9.17, 15) is 9.90 Å². The molecule has 2 aliphatic rings. The number of ether oxygens (including phenoxy) is 1. The zero-order chi connectivity index (χ0) is 18.7. The highest BCUT2D eigenvalue weighted by molar-refractivity contribution is 5.97. The van der Waals surface area contributed by atoms with Crippen molar-refractivity contribution in [3.05, 3.63) is 65.7 Å². The lowest BCUT2D eigenvalue weighted by molar-refractivity contribution is -0.00547. The van der Waals surface area contributed by atoms with Gasteiger partial charge < -0.3 is 14.7 Å². The molecule has 2 aromatic carbocycles. The maximum Gasteiger partial charge on any atom is 0.257 e. The minimum atomic E-state index is -0.280. The quantitative estimate of drug-likeness (QED) is 0.890. The molecule has 4 rings (SSSR count). The Labute approximate surface area is 160 Å². The molecule has 2 fully saturated rings. The number of amides is 1. The van der Waals surface area contributed by atoms with Crippen LogP contribution in [0.15, 0.2) is 54.6 Å². The van der Waals surface area contributed by atoms with Crippen LogP contribution in [0.4, 0.5) is 0 Å². The molecule has 1 heterocycles. The van der Waals surface area contributed by atoms with Crippen LogP contribution in [0, 0.1) is 5.41 Å². The number of hydrogen-bond donors (Lipinski definition) is 1. The van der Waals surface area contributed by atoms with Gasteiger partial charge in [0.1, 0.15) is 12.4 Å². The van der Waals surface area contributed by atoms with Gasteiger partial charge in [0.25, 0.3) is 5.91 Å². The molecule has 1 amide bonds. The van der Waals surface area contributed by atoms with E-state index in [-0.39, 0.29) is 17.4 Å². The van der Waals surface area contributed by atoms with E-state index in [1.165, 1.54) is 0 Å². The van der Waals surface area contributed by atoms with E-state index in [2.05, 4.69) is 0 Å². The smallest absolute Gasteiger partial charge is 0.257 e. The van der Waals surface area contributed by atoms with E-state index in [1.807, 2.05) is 59.5 Å². The van der Waals surface area contributed by atoms with Crippen LogP contribution in [0.25, 0.3) is 0 Å². The third kappa shape index (κ3) is 3.72. The Bertz CT molecular complexity index is 791. The molecule has 4 heteroatoms. The summed E-state index contributed by atoms with van der Waals surface area (Å²) in [6, 6.07) is 17.5. The summed E-state index contributed by atoms with van der Waals surface area (Å²) >= 11 is 0. The number of carbonyl (C=O) groups is 1. The van der Waals surface area contributed by atoms with Crippen molar-refractivity contribution in [3.8, 4) is 5.75 Å². The fourth-order valence-corrected chi connectivity index (χ4v) is 4.60. The van der Waals surface area contributed by atoms with Gasteiger partial charge in [0.2, 0.25) is 0 Å². The molecule has 1 saturated carbocycles. The monoisotopic (exact) mass is 365 g/mol. The van der Waals surface area contributed by atoms with Crippen LogP contribution in [-0.2, 0) is 6.61 Å². The molecule has 0 aromatic heterocycles. The van der Waals surface area contributed by atoms with E-state index in [4.69, 9.17) is 4.74 Å². The second-order valence-corrected chi connectivity index (χ2v) is 7.87. The SMILES string of the molecule is O=C(c1ccccc1OCc1ccccc1)N1CCC[C@@]2(CCC[C@H]2O)C1. The first-order valence-corrected chi connectivity index (χ1v) is 9.91. The van der Waals surface area contributed by atoms with Gasteiger partial charge in [-0.25, -0.2) is 0 Å². The molecule has 1 aliphatic carbocycles. The highest BCUT2D eigenvalue weighted by Gasteiger charge is 2.45. The van der Waals surface area contributed by atoms with E-state index in [0.717, 1.165) is 44.2 Å². The molecule has 2 atom stereocenters. The number of nitrogens with zero attached hydrogens (tertiary/aromatic N) is 1. The van der Waals surface area contributed by atoms with Crippen LogP contribution >= 0.6 is 0 Å². The maximum absolute atomic E-state index is 13.2. The van der Waals surface area contributed by atoms with E-state index >= 15 is 0 Å². The van der Waals surface area contributed by atoms with Crippen molar-refractivity contribution < 1.29 is 14.6 Å². The molecule has 1 N–H and O–H groups in total. The third-order valence-corrected chi connectivity index (χ3v) is 6.11. The summed E-state index contributed by atoms with van der Waals surface area (Å²) in [5.74, 6) is 0.634. The lowest BCUT2D eigenvalue weighted by atomic mass is 9.76. The second-order valence-electron chi connectivity index (χ2n) is 7.87. The summed E-state index contributed by atoms with van der Waals surface area (Å²) in [7, 11) is 0. The predicted octanol–water partition coefficient (Wildman–Crippen LogP) is 4.03. The van der Waals surface area contributed by atoms with E-state index < -0.39 is 0 Å². The van der Waals surface area contributed by atoms with Crippen LogP contribution in [0.2, 0.25) is 0 Å². The Hall–Kier alpha value is -2.33. The molecule has 4 nitrogen and oxygen atoms in total. The van der Waals surface area contributed by atoms with Crippen molar-refractivity contribution in [2.75, 3.05) is 13.1 Å². The van der Waals surface area contributed by atoms with Crippen molar-refractivity contribution in [1.82, 2.24) is 4.90 Å². The summed E-state index contributed by atoms with van der Waals surface area (Å²) in [6.45, 7) is 1.84. The second kappa shape index (κ2) is 7.73. The number of hydrogen-bond acceptors (Lipinski definition) is 3. The molecule has 142 valence electrons. The molecule has 1 saturated heterocycles. The Balaban J connectivity index is 1.50. The normalized spacial score (nSPS) is 24.9. The fourth-order valence-electron chi connectivity index (χ4n) is 4.60. The minimum absolute atomic E-state index is 0.0110. The summed E-state index contributed by atoms with van der Waals surface area (Å²) in [5, 5.41) is 10.5. The van der Waals surface area contributed by atoms with E-state index in [1.54, 1.807) is 0 Å². The molecule has 1 aliphatic heterocycles. The van der Waals surface area contributed by atoms with Gasteiger partial charge in [0.15, 0.2) is 0 Å². The standard InChI is InChI=1S/C23H27NO3/c25-21-12-6-13-23(21)14-7-15-24(17-23)22(26)19-10-4-5-11-20(19)27-16-18-8-2-1-3-9-18/h1-5,8-11,21,25H,6-7,12-17H2/t21-,23+/m1/s1. The van der Waals surface area contributed by atoms with Crippen molar-refractivity contribution in [1.29, 1.82) is 0 Å². The number of benzene rings is 2. The van der Waals surface area contributed by atoms with Crippen molar-refractivity contribution in [2.45, 2.75) is 44.8 Å². The minimum Gasteiger partial charge on any atom is -0.488 e. The first-order chi connectivity index (χ1) is 13.2. The topological polar surface area (TPSA) is 49.8 Å². The summed E-state index contributed by atoms with van der Waals surface area (Å²) in [5.41, 5.74) is 1.58. The number of aliphatic hydroxyl groups is 1. The fraction of sp³-hybridized carbons (Fsp3) is 0.435. The van der Waals surface area contributed by atoms with Crippen molar-refractivity contribution in [3.63, 3.8) is 0 Å². The van der Waals surface area contributed by atoms with E-state index in [0.29, 0.717) is 24.5 Å².